The lowest BCUT2D eigenvalue weighted by Crippen LogP contribution is -2.42. The fourth-order valence-corrected chi connectivity index (χ4v) is 1.75. The van der Waals surface area contributed by atoms with Crippen molar-refractivity contribution in [2.75, 3.05) is 19.7 Å². The van der Waals surface area contributed by atoms with Gasteiger partial charge in [0, 0.05) is 12.1 Å². The van der Waals surface area contributed by atoms with Gasteiger partial charge in [0.25, 0.3) is 0 Å². The van der Waals surface area contributed by atoms with E-state index in [1.807, 2.05) is 0 Å². The Kier molecular flexibility index (Phi) is 2.90. The Morgan fingerprint density at radius 1 is 1.27 bits per heavy atom. The Morgan fingerprint density at radius 3 is 2.27 bits per heavy atom. The second-order valence-corrected chi connectivity index (χ2v) is 3.98. The maximum atomic E-state index is 8.84. The van der Waals surface area contributed by atoms with Crippen molar-refractivity contribution in [1.82, 2.24) is 4.90 Å². The van der Waals surface area contributed by atoms with Gasteiger partial charge in [0.15, 0.2) is 0 Å². The predicted octanol–water partition coefficient (Wildman–Crippen LogP) is 1.24. The minimum atomic E-state index is 0.214. The molecule has 0 atom stereocenters. The van der Waals surface area contributed by atoms with Gasteiger partial charge >= 0.3 is 0 Å². The molecule has 0 bridgehead atoms. The zero-order chi connectivity index (χ0) is 8.32. The molecule has 1 heterocycles. The van der Waals surface area contributed by atoms with E-state index in [2.05, 4.69) is 18.7 Å². The average Bonchev–Trinajstić information content (AvgIpc) is 2.37. The zero-order valence-electron chi connectivity index (χ0n) is 7.64. The minimum absolute atomic E-state index is 0.214. The minimum Gasteiger partial charge on any atom is -0.396 e. The van der Waals surface area contributed by atoms with E-state index in [1.165, 1.54) is 25.9 Å². The highest BCUT2D eigenvalue weighted by molar-refractivity contribution is 4.84. The van der Waals surface area contributed by atoms with Gasteiger partial charge in [-0.3, -0.25) is 4.90 Å². The molecule has 2 heteroatoms. The molecule has 1 aliphatic heterocycles. The molecule has 0 spiro atoms. The molecule has 0 aromatic heterocycles. The fourth-order valence-electron chi connectivity index (χ4n) is 1.75. The standard InChI is InChI=1S/C9H19NO/c1-9(2,5-8-11)10-6-3-4-7-10/h11H,3-8H2,1-2H3. The average molecular weight is 157 g/mol. The zero-order valence-corrected chi connectivity index (χ0v) is 7.64. The second-order valence-electron chi connectivity index (χ2n) is 3.98. The molecule has 0 amide bonds. The molecule has 11 heavy (non-hydrogen) atoms. The molecule has 2 nitrogen and oxygen atoms in total. The first-order chi connectivity index (χ1) is 5.17. The Hall–Kier alpha value is -0.0800. The van der Waals surface area contributed by atoms with Crippen molar-refractivity contribution in [3.8, 4) is 0 Å². The van der Waals surface area contributed by atoms with E-state index < -0.39 is 0 Å². The molecule has 0 radical (unpaired) electrons. The lowest BCUT2D eigenvalue weighted by Gasteiger charge is -2.34. The van der Waals surface area contributed by atoms with Crippen molar-refractivity contribution >= 4 is 0 Å². The van der Waals surface area contributed by atoms with Crippen molar-refractivity contribution in [3.05, 3.63) is 0 Å². The summed E-state index contributed by atoms with van der Waals surface area (Å²) in [5, 5.41) is 8.84. The lowest BCUT2D eigenvalue weighted by molar-refractivity contribution is 0.115. The summed E-state index contributed by atoms with van der Waals surface area (Å²) in [6.45, 7) is 7.17. The molecular formula is C9H19NO. The summed E-state index contributed by atoms with van der Waals surface area (Å²) < 4.78 is 0. The smallest absolute Gasteiger partial charge is 0.0448 e. The molecule has 1 aliphatic rings. The van der Waals surface area contributed by atoms with Crippen LogP contribution in [0.1, 0.15) is 33.1 Å². The van der Waals surface area contributed by atoms with Crippen LogP contribution >= 0.6 is 0 Å². The highest BCUT2D eigenvalue weighted by atomic mass is 16.3. The Labute approximate surface area is 69.2 Å². The number of aliphatic hydroxyl groups excluding tert-OH is 1. The third-order valence-corrected chi connectivity index (χ3v) is 2.69. The molecule has 0 saturated carbocycles. The molecule has 66 valence electrons. The van der Waals surface area contributed by atoms with Gasteiger partial charge in [-0.05, 0) is 46.2 Å². The van der Waals surface area contributed by atoms with Gasteiger partial charge < -0.3 is 5.11 Å². The third kappa shape index (κ3) is 2.17. The van der Waals surface area contributed by atoms with E-state index in [1.54, 1.807) is 0 Å². The van der Waals surface area contributed by atoms with E-state index in [0.29, 0.717) is 6.61 Å². The Morgan fingerprint density at radius 2 is 1.82 bits per heavy atom. The molecule has 0 unspecified atom stereocenters. The summed E-state index contributed by atoms with van der Waals surface area (Å²) in [6, 6.07) is 0. The van der Waals surface area contributed by atoms with Crippen LogP contribution in [0.2, 0.25) is 0 Å². The van der Waals surface area contributed by atoms with Crippen LogP contribution in [-0.2, 0) is 0 Å². The third-order valence-electron chi connectivity index (χ3n) is 2.69. The quantitative estimate of drug-likeness (QED) is 0.666. The summed E-state index contributed by atoms with van der Waals surface area (Å²) in [5.74, 6) is 0. The molecule has 0 aliphatic carbocycles. The highest BCUT2D eigenvalue weighted by Gasteiger charge is 2.27. The summed E-state index contributed by atoms with van der Waals surface area (Å²) in [4.78, 5) is 2.48. The van der Waals surface area contributed by atoms with Crippen molar-refractivity contribution in [1.29, 1.82) is 0 Å². The first kappa shape index (κ1) is 9.01. The highest BCUT2D eigenvalue weighted by Crippen LogP contribution is 2.23. The van der Waals surface area contributed by atoms with Crippen LogP contribution < -0.4 is 0 Å². The van der Waals surface area contributed by atoms with E-state index in [4.69, 9.17) is 5.11 Å². The topological polar surface area (TPSA) is 23.5 Å². The molecular weight excluding hydrogens is 138 g/mol. The molecule has 0 aromatic carbocycles. The van der Waals surface area contributed by atoms with Gasteiger partial charge in [-0.25, -0.2) is 0 Å². The predicted molar refractivity (Wildman–Crippen MR) is 46.6 cm³/mol. The fraction of sp³-hybridized carbons (Fsp3) is 1.00. The number of nitrogens with zero attached hydrogens (tertiary/aromatic N) is 1. The van der Waals surface area contributed by atoms with Gasteiger partial charge in [0.2, 0.25) is 0 Å². The van der Waals surface area contributed by atoms with Crippen molar-refractivity contribution in [2.24, 2.45) is 0 Å². The number of aliphatic hydroxyl groups is 1. The number of rotatable bonds is 3. The Bertz CT molecular complexity index is 117. The first-order valence-corrected chi connectivity index (χ1v) is 4.53. The van der Waals surface area contributed by atoms with E-state index >= 15 is 0 Å². The van der Waals surface area contributed by atoms with Crippen LogP contribution in [0.5, 0.6) is 0 Å². The van der Waals surface area contributed by atoms with Crippen molar-refractivity contribution in [2.45, 2.75) is 38.6 Å². The van der Waals surface area contributed by atoms with Crippen LogP contribution in [0.15, 0.2) is 0 Å². The van der Waals surface area contributed by atoms with Gasteiger partial charge in [-0.15, -0.1) is 0 Å². The molecule has 1 N–H and O–H groups in total. The molecule has 1 saturated heterocycles. The molecule has 1 rings (SSSR count). The van der Waals surface area contributed by atoms with Gasteiger partial charge in [0.05, 0.1) is 0 Å². The maximum Gasteiger partial charge on any atom is 0.0448 e. The monoisotopic (exact) mass is 157 g/mol. The maximum absolute atomic E-state index is 8.84. The normalized spacial score (nSPS) is 21.0. The van der Waals surface area contributed by atoms with Crippen LogP contribution in [0.3, 0.4) is 0 Å². The summed E-state index contributed by atoms with van der Waals surface area (Å²) in [5.41, 5.74) is 0.214. The van der Waals surface area contributed by atoms with Gasteiger partial charge in [-0.1, -0.05) is 0 Å². The number of likely N-dealkylation sites (tertiary alicyclic amines) is 1. The van der Waals surface area contributed by atoms with E-state index in [9.17, 15) is 0 Å². The first-order valence-electron chi connectivity index (χ1n) is 4.53. The molecule has 1 fully saturated rings. The SMILES string of the molecule is CC(C)(CCO)N1CCCC1. The second kappa shape index (κ2) is 3.55. The van der Waals surface area contributed by atoms with Crippen molar-refractivity contribution < 1.29 is 5.11 Å². The molecule has 0 aromatic rings. The summed E-state index contributed by atoms with van der Waals surface area (Å²) >= 11 is 0. The summed E-state index contributed by atoms with van der Waals surface area (Å²) in [6.07, 6.45) is 3.55. The number of hydrogen-bond donors (Lipinski definition) is 1. The summed E-state index contributed by atoms with van der Waals surface area (Å²) in [7, 11) is 0. The Balaban J connectivity index is 2.41. The van der Waals surface area contributed by atoms with Crippen LogP contribution in [0.4, 0.5) is 0 Å². The van der Waals surface area contributed by atoms with Crippen LogP contribution in [0, 0.1) is 0 Å². The largest absolute Gasteiger partial charge is 0.396 e. The van der Waals surface area contributed by atoms with Crippen molar-refractivity contribution in [3.63, 3.8) is 0 Å². The van der Waals surface area contributed by atoms with Crippen LogP contribution in [0.25, 0.3) is 0 Å². The van der Waals surface area contributed by atoms with Crippen LogP contribution in [-0.4, -0.2) is 35.2 Å². The van der Waals surface area contributed by atoms with E-state index in [-0.39, 0.29) is 5.54 Å². The number of hydrogen-bond acceptors (Lipinski definition) is 2. The van der Waals surface area contributed by atoms with Gasteiger partial charge in [-0.2, -0.15) is 0 Å². The lowest BCUT2D eigenvalue weighted by atomic mass is 9.99. The van der Waals surface area contributed by atoms with E-state index in [0.717, 1.165) is 6.42 Å². The van der Waals surface area contributed by atoms with Gasteiger partial charge in [0.1, 0.15) is 0 Å².